The summed E-state index contributed by atoms with van der Waals surface area (Å²) >= 11 is 0. The Bertz CT molecular complexity index is 193. The van der Waals surface area contributed by atoms with Crippen molar-refractivity contribution in [2.75, 3.05) is 33.9 Å². The minimum Gasteiger partial charge on any atom is -1.00 e. The molecule has 0 aromatic carbocycles. The molecule has 0 aromatic rings. The Kier molecular flexibility index (Phi) is 4.84. The molecule has 1 saturated heterocycles. The van der Waals surface area contributed by atoms with E-state index in [0.717, 1.165) is 19.6 Å². The van der Waals surface area contributed by atoms with Crippen molar-refractivity contribution in [2.45, 2.75) is 31.5 Å². The predicted molar refractivity (Wildman–Crippen MR) is 54.3 cm³/mol. The SMILES string of the molecule is C[NH+](C)CC1CCCCC12OCCO2.[Cl-]. The summed E-state index contributed by atoms with van der Waals surface area (Å²) in [6.07, 6.45) is 4.97. The van der Waals surface area contributed by atoms with Crippen LogP contribution in [0.15, 0.2) is 0 Å². The van der Waals surface area contributed by atoms with E-state index < -0.39 is 0 Å². The van der Waals surface area contributed by atoms with Crippen LogP contribution in [0.4, 0.5) is 0 Å². The van der Waals surface area contributed by atoms with Gasteiger partial charge in [-0.15, -0.1) is 0 Å². The predicted octanol–water partition coefficient (Wildman–Crippen LogP) is -2.93. The van der Waals surface area contributed by atoms with Crippen molar-refractivity contribution < 1.29 is 26.8 Å². The standard InChI is InChI=1S/C11H21NO2.ClH/c1-12(2)9-10-5-3-4-6-11(10)13-7-8-14-11;/h10H,3-9H2,1-2H3;1H. The molecule has 4 heteroatoms. The van der Waals surface area contributed by atoms with Gasteiger partial charge in [0, 0.05) is 6.42 Å². The molecular formula is C11H22ClNO2. The molecule has 0 radical (unpaired) electrons. The molecule has 1 spiro atoms. The van der Waals surface area contributed by atoms with E-state index in [9.17, 15) is 0 Å². The quantitative estimate of drug-likeness (QED) is 0.554. The van der Waals surface area contributed by atoms with E-state index in [1.807, 2.05) is 0 Å². The normalized spacial score (nSPS) is 29.4. The topological polar surface area (TPSA) is 22.9 Å². The van der Waals surface area contributed by atoms with Crippen molar-refractivity contribution >= 4 is 0 Å². The van der Waals surface area contributed by atoms with Gasteiger partial charge in [0.1, 0.15) is 0 Å². The lowest BCUT2D eigenvalue weighted by Crippen LogP contribution is -3.07. The Morgan fingerprint density at radius 1 is 1.20 bits per heavy atom. The minimum atomic E-state index is -0.199. The number of halogens is 1. The largest absolute Gasteiger partial charge is 1.00 e. The maximum absolute atomic E-state index is 5.86. The molecule has 0 bridgehead atoms. The van der Waals surface area contributed by atoms with Gasteiger partial charge in [0.05, 0.1) is 39.8 Å². The molecule has 2 aliphatic rings. The molecule has 3 nitrogen and oxygen atoms in total. The zero-order chi connectivity index (χ0) is 10.0. The summed E-state index contributed by atoms with van der Waals surface area (Å²) in [6, 6.07) is 0. The highest BCUT2D eigenvalue weighted by Crippen LogP contribution is 2.39. The summed E-state index contributed by atoms with van der Waals surface area (Å²) in [7, 11) is 4.41. The maximum Gasteiger partial charge on any atom is 0.176 e. The number of quaternary nitrogens is 1. The lowest BCUT2D eigenvalue weighted by atomic mass is 9.83. The Balaban J connectivity index is 0.00000112. The van der Waals surface area contributed by atoms with Crippen molar-refractivity contribution in [3.05, 3.63) is 0 Å². The average molecular weight is 236 g/mol. The van der Waals surface area contributed by atoms with E-state index in [4.69, 9.17) is 9.47 Å². The molecule has 1 unspecified atom stereocenters. The second-order valence-corrected chi connectivity index (χ2v) is 4.86. The molecular weight excluding hydrogens is 214 g/mol. The van der Waals surface area contributed by atoms with Crippen LogP contribution in [0.2, 0.25) is 0 Å². The highest BCUT2D eigenvalue weighted by atomic mass is 35.5. The van der Waals surface area contributed by atoms with Crippen LogP contribution in [0.25, 0.3) is 0 Å². The summed E-state index contributed by atoms with van der Waals surface area (Å²) < 4.78 is 11.7. The molecule has 0 aromatic heterocycles. The highest BCUT2D eigenvalue weighted by molar-refractivity contribution is 4.86. The van der Waals surface area contributed by atoms with Gasteiger partial charge in [0.2, 0.25) is 0 Å². The lowest BCUT2D eigenvalue weighted by molar-refractivity contribution is -0.864. The number of nitrogens with one attached hydrogen (secondary N) is 1. The van der Waals surface area contributed by atoms with Crippen molar-refractivity contribution in [3.8, 4) is 0 Å². The van der Waals surface area contributed by atoms with Crippen molar-refractivity contribution in [3.63, 3.8) is 0 Å². The first-order valence-corrected chi connectivity index (χ1v) is 5.80. The zero-order valence-corrected chi connectivity index (χ0v) is 10.5. The number of rotatable bonds is 2. The fourth-order valence-corrected chi connectivity index (χ4v) is 2.79. The van der Waals surface area contributed by atoms with Crippen molar-refractivity contribution in [1.82, 2.24) is 0 Å². The van der Waals surface area contributed by atoms with E-state index in [1.165, 1.54) is 30.7 Å². The second kappa shape index (κ2) is 5.48. The van der Waals surface area contributed by atoms with E-state index in [1.54, 1.807) is 0 Å². The number of hydrogen-bond donors (Lipinski definition) is 1. The van der Waals surface area contributed by atoms with Gasteiger partial charge < -0.3 is 26.8 Å². The van der Waals surface area contributed by atoms with Crippen LogP contribution in [0.5, 0.6) is 0 Å². The van der Waals surface area contributed by atoms with Gasteiger partial charge in [-0.1, -0.05) is 6.42 Å². The molecule has 90 valence electrons. The van der Waals surface area contributed by atoms with Crippen LogP contribution < -0.4 is 17.3 Å². The zero-order valence-electron chi connectivity index (χ0n) is 9.72. The number of ether oxygens (including phenoxy) is 2. The molecule has 1 N–H and O–H groups in total. The summed E-state index contributed by atoms with van der Waals surface area (Å²) in [5.41, 5.74) is 0. The van der Waals surface area contributed by atoms with Gasteiger partial charge in [0.15, 0.2) is 5.79 Å². The Morgan fingerprint density at radius 3 is 2.47 bits per heavy atom. The van der Waals surface area contributed by atoms with Crippen molar-refractivity contribution in [2.24, 2.45) is 5.92 Å². The van der Waals surface area contributed by atoms with Crippen LogP contribution in [0.1, 0.15) is 25.7 Å². The molecule has 1 atom stereocenters. The summed E-state index contributed by atoms with van der Waals surface area (Å²) in [6.45, 7) is 2.75. The Morgan fingerprint density at radius 2 is 1.87 bits per heavy atom. The monoisotopic (exact) mass is 235 g/mol. The van der Waals surface area contributed by atoms with E-state index in [-0.39, 0.29) is 18.2 Å². The molecule has 0 amide bonds. The van der Waals surface area contributed by atoms with Gasteiger partial charge in [0.25, 0.3) is 0 Å². The van der Waals surface area contributed by atoms with Crippen LogP contribution in [0.3, 0.4) is 0 Å². The average Bonchev–Trinajstić information content (AvgIpc) is 2.58. The molecule has 2 rings (SSSR count). The molecule has 15 heavy (non-hydrogen) atoms. The first-order valence-electron chi connectivity index (χ1n) is 5.80. The second-order valence-electron chi connectivity index (χ2n) is 4.86. The number of hydrogen-bond acceptors (Lipinski definition) is 2. The highest BCUT2D eigenvalue weighted by Gasteiger charge is 2.46. The first kappa shape index (κ1) is 13.2. The first-order chi connectivity index (χ1) is 6.73. The summed E-state index contributed by atoms with van der Waals surface area (Å²) in [5, 5.41) is 0. The molecule has 1 heterocycles. The van der Waals surface area contributed by atoms with Crippen LogP contribution >= 0.6 is 0 Å². The van der Waals surface area contributed by atoms with Gasteiger partial charge in [-0.05, 0) is 12.8 Å². The van der Waals surface area contributed by atoms with Crippen LogP contribution in [-0.4, -0.2) is 39.6 Å². The van der Waals surface area contributed by atoms with Gasteiger partial charge in [-0.25, -0.2) is 0 Å². The minimum absolute atomic E-state index is 0. The fraction of sp³-hybridized carbons (Fsp3) is 1.00. The lowest BCUT2D eigenvalue weighted by Gasteiger charge is -2.39. The Labute approximate surface area is 98.5 Å². The third-order valence-electron chi connectivity index (χ3n) is 3.38. The van der Waals surface area contributed by atoms with Crippen LogP contribution in [0, 0.1) is 5.92 Å². The molecule has 2 fully saturated rings. The van der Waals surface area contributed by atoms with Crippen LogP contribution in [-0.2, 0) is 9.47 Å². The smallest absolute Gasteiger partial charge is 0.176 e. The van der Waals surface area contributed by atoms with E-state index in [0.29, 0.717) is 5.92 Å². The third kappa shape index (κ3) is 2.84. The van der Waals surface area contributed by atoms with E-state index >= 15 is 0 Å². The maximum atomic E-state index is 5.86. The van der Waals surface area contributed by atoms with Crippen molar-refractivity contribution in [1.29, 1.82) is 0 Å². The third-order valence-corrected chi connectivity index (χ3v) is 3.38. The van der Waals surface area contributed by atoms with Gasteiger partial charge in [-0.3, -0.25) is 0 Å². The Hall–Kier alpha value is 0.170. The molecule has 1 saturated carbocycles. The van der Waals surface area contributed by atoms with Gasteiger partial charge >= 0.3 is 0 Å². The van der Waals surface area contributed by atoms with Gasteiger partial charge in [-0.2, -0.15) is 0 Å². The summed E-state index contributed by atoms with van der Waals surface area (Å²) in [5.74, 6) is 0.402. The fourth-order valence-electron chi connectivity index (χ4n) is 2.79. The molecule has 1 aliphatic heterocycles. The molecule has 1 aliphatic carbocycles. The summed E-state index contributed by atoms with van der Waals surface area (Å²) in [4.78, 5) is 1.50. The van der Waals surface area contributed by atoms with E-state index in [2.05, 4.69) is 14.1 Å².